The minimum Gasteiger partial charge on any atom is -0.365 e. The van der Waals surface area contributed by atoms with Gasteiger partial charge in [-0.05, 0) is 6.92 Å². The van der Waals surface area contributed by atoms with E-state index in [1.807, 2.05) is 0 Å². The van der Waals surface area contributed by atoms with E-state index in [9.17, 15) is 17.6 Å². The van der Waals surface area contributed by atoms with Gasteiger partial charge < -0.3 is 5.32 Å². The summed E-state index contributed by atoms with van der Waals surface area (Å²) in [7, 11) is 0. The number of nitrogens with zero attached hydrogens (tertiary/aromatic N) is 1. The first-order chi connectivity index (χ1) is 7.50. The lowest BCUT2D eigenvalue weighted by Gasteiger charge is -2.09. The predicted octanol–water partition coefficient (Wildman–Crippen LogP) is 1.98. The molecule has 0 spiro atoms. The Morgan fingerprint density at radius 1 is 1.19 bits per heavy atom. The quantitative estimate of drug-likeness (QED) is 0.581. The third-order valence-corrected chi connectivity index (χ3v) is 2.25. The van der Waals surface area contributed by atoms with Crippen molar-refractivity contribution < 1.29 is 17.6 Å². The Morgan fingerprint density at radius 2 is 1.75 bits per heavy atom. The van der Waals surface area contributed by atoms with Crippen molar-refractivity contribution >= 4 is 5.84 Å². The molecule has 0 saturated heterocycles. The van der Waals surface area contributed by atoms with E-state index in [1.165, 1.54) is 0 Å². The summed E-state index contributed by atoms with van der Waals surface area (Å²) in [4.78, 5) is 3.78. The third kappa shape index (κ3) is 1.64. The maximum atomic E-state index is 13.3. The first-order valence-corrected chi connectivity index (χ1v) is 4.65. The molecular weight excluding hydrogens is 224 g/mol. The Morgan fingerprint density at radius 3 is 2.19 bits per heavy atom. The molecule has 0 fully saturated rings. The van der Waals surface area contributed by atoms with Gasteiger partial charge in [-0.1, -0.05) is 0 Å². The van der Waals surface area contributed by atoms with E-state index in [0.717, 1.165) is 0 Å². The SMILES string of the molecule is CC1CN=C(c2c(F)c(F)cc(F)c2F)N1. The van der Waals surface area contributed by atoms with E-state index in [2.05, 4.69) is 10.3 Å². The zero-order valence-corrected chi connectivity index (χ0v) is 8.32. The van der Waals surface area contributed by atoms with Crippen LogP contribution in [-0.2, 0) is 0 Å². The van der Waals surface area contributed by atoms with Crippen LogP contribution in [0.3, 0.4) is 0 Å². The van der Waals surface area contributed by atoms with Gasteiger partial charge in [0.2, 0.25) is 0 Å². The van der Waals surface area contributed by atoms with Crippen molar-refractivity contribution in [1.82, 2.24) is 5.32 Å². The summed E-state index contributed by atoms with van der Waals surface area (Å²) in [6, 6.07) is 0.0627. The molecule has 2 rings (SSSR count). The molecule has 1 unspecified atom stereocenters. The summed E-state index contributed by atoms with van der Waals surface area (Å²) in [6.45, 7) is 2.05. The van der Waals surface area contributed by atoms with Crippen LogP contribution in [0.4, 0.5) is 17.6 Å². The van der Waals surface area contributed by atoms with Gasteiger partial charge in [-0.15, -0.1) is 0 Å². The summed E-state index contributed by atoms with van der Waals surface area (Å²) >= 11 is 0. The number of amidine groups is 1. The van der Waals surface area contributed by atoms with Crippen molar-refractivity contribution in [3.63, 3.8) is 0 Å². The smallest absolute Gasteiger partial charge is 0.172 e. The average molecular weight is 232 g/mol. The lowest BCUT2D eigenvalue weighted by molar-refractivity contribution is 0.450. The van der Waals surface area contributed by atoms with E-state index in [1.54, 1.807) is 6.92 Å². The molecular formula is C10H8F4N2. The summed E-state index contributed by atoms with van der Waals surface area (Å²) in [5.41, 5.74) is -0.776. The Hall–Kier alpha value is -1.59. The van der Waals surface area contributed by atoms with Crippen LogP contribution in [0.5, 0.6) is 0 Å². The highest BCUT2D eigenvalue weighted by Gasteiger charge is 2.26. The zero-order valence-electron chi connectivity index (χ0n) is 8.32. The minimum atomic E-state index is -1.43. The fourth-order valence-electron chi connectivity index (χ4n) is 1.49. The Kier molecular flexibility index (Phi) is 2.57. The van der Waals surface area contributed by atoms with Crippen LogP contribution in [0.1, 0.15) is 12.5 Å². The molecule has 0 aromatic heterocycles. The van der Waals surface area contributed by atoms with Crippen LogP contribution in [0.2, 0.25) is 0 Å². The first kappa shape index (κ1) is 10.9. The zero-order chi connectivity index (χ0) is 11.9. The molecule has 16 heavy (non-hydrogen) atoms. The van der Waals surface area contributed by atoms with Gasteiger partial charge in [-0.2, -0.15) is 0 Å². The monoisotopic (exact) mass is 232 g/mol. The molecule has 0 radical (unpaired) electrons. The number of nitrogens with one attached hydrogen (secondary N) is 1. The Bertz CT molecular complexity index is 444. The standard InChI is InChI=1S/C10H8F4N2/c1-4-3-15-10(16-4)7-8(13)5(11)2-6(12)9(7)14/h2,4H,3H2,1H3,(H,15,16). The molecule has 1 aromatic rings. The van der Waals surface area contributed by atoms with Crippen molar-refractivity contribution in [2.24, 2.45) is 4.99 Å². The van der Waals surface area contributed by atoms with E-state index in [4.69, 9.17) is 0 Å². The van der Waals surface area contributed by atoms with E-state index in [0.29, 0.717) is 6.54 Å². The maximum absolute atomic E-state index is 13.3. The van der Waals surface area contributed by atoms with Crippen LogP contribution in [0.15, 0.2) is 11.1 Å². The number of benzene rings is 1. The topological polar surface area (TPSA) is 24.4 Å². The summed E-state index contributed by atoms with van der Waals surface area (Å²) in [6.07, 6.45) is 0. The van der Waals surface area contributed by atoms with Gasteiger partial charge in [-0.25, -0.2) is 17.6 Å². The highest BCUT2D eigenvalue weighted by molar-refractivity contribution is 6.00. The maximum Gasteiger partial charge on any atom is 0.172 e. The fraction of sp³-hybridized carbons (Fsp3) is 0.300. The average Bonchev–Trinajstić information content (AvgIpc) is 2.62. The number of rotatable bonds is 1. The molecule has 0 bridgehead atoms. The van der Waals surface area contributed by atoms with E-state index >= 15 is 0 Å². The van der Waals surface area contributed by atoms with Crippen molar-refractivity contribution in [3.05, 3.63) is 34.9 Å². The molecule has 1 atom stereocenters. The number of halogens is 4. The molecule has 0 saturated carbocycles. The van der Waals surface area contributed by atoms with Gasteiger partial charge in [-0.3, -0.25) is 4.99 Å². The van der Waals surface area contributed by atoms with Crippen LogP contribution in [-0.4, -0.2) is 18.4 Å². The second-order valence-electron chi connectivity index (χ2n) is 3.58. The number of aliphatic imine (C=N–C) groups is 1. The van der Waals surface area contributed by atoms with Gasteiger partial charge in [0.25, 0.3) is 0 Å². The van der Waals surface area contributed by atoms with Gasteiger partial charge in [0.05, 0.1) is 12.1 Å². The molecule has 86 valence electrons. The van der Waals surface area contributed by atoms with Gasteiger partial charge in [0.15, 0.2) is 23.3 Å². The summed E-state index contributed by atoms with van der Waals surface area (Å²) in [5.74, 6) is -5.88. The Balaban J connectivity index is 2.56. The molecule has 1 aliphatic heterocycles. The molecule has 1 aliphatic rings. The molecule has 1 heterocycles. The van der Waals surface area contributed by atoms with Crippen molar-refractivity contribution in [2.75, 3.05) is 6.54 Å². The summed E-state index contributed by atoms with van der Waals surface area (Å²) < 4.78 is 52.5. The van der Waals surface area contributed by atoms with Crippen LogP contribution < -0.4 is 5.32 Å². The largest absolute Gasteiger partial charge is 0.365 e. The predicted molar refractivity (Wildman–Crippen MR) is 50.3 cm³/mol. The number of hydrogen-bond acceptors (Lipinski definition) is 2. The van der Waals surface area contributed by atoms with Crippen molar-refractivity contribution in [3.8, 4) is 0 Å². The summed E-state index contributed by atoms with van der Waals surface area (Å²) in [5, 5.41) is 2.64. The van der Waals surface area contributed by atoms with E-state index < -0.39 is 28.8 Å². The highest BCUT2D eigenvalue weighted by Crippen LogP contribution is 2.20. The second-order valence-corrected chi connectivity index (χ2v) is 3.58. The normalized spacial score (nSPS) is 19.6. The molecule has 2 nitrogen and oxygen atoms in total. The molecule has 6 heteroatoms. The lowest BCUT2D eigenvalue weighted by Crippen LogP contribution is -2.29. The van der Waals surface area contributed by atoms with Crippen molar-refractivity contribution in [1.29, 1.82) is 0 Å². The molecule has 1 N–H and O–H groups in total. The van der Waals surface area contributed by atoms with Crippen LogP contribution in [0.25, 0.3) is 0 Å². The number of hydrogen-bond donors (Lipinski definition) is 1. The van der Waals surface area contributed by atoms with E-state index in [-0.39, 0.29) is 17.9 Å². The van der Waals surface area contributed by atoms with Gasteiger partial charge >= 0.3 is 0 Å². The lowest BCUT2D eigenvalue weighted by atomic mass is 10.1. The second kappa shape index (κ2) is 3.77. The third-order valence-electron chi connectivity index (χ3n) is 2.25. The van der Waals surface area contributed by atoms with Crippen LogP contribution >= 0.6 is 0 Å². The van der Waals surface area contributed by atoms with Gasteiger partial charge in [0, 0.05) is 12.1 Å². The fourth-order valence-corrected chi connectivity index (χ4v) is 1.49. The van der Waals surface area contributed by atoms with Gasteiger partial charge in [0.1, 0.15) is 5.84 Å². The van der Waals surface area contributed by atoms with Crippen LogP contribution in [0, 0.1) is 23.3 Å². The minimum absolute atomic E-state index is 0.111. The highest BCUT2D eigenvalue weighted by atomic mass is 19.2. The molecule has 1 aromatic carbocycles. The molecule has 0 amide bonds. The molecule has 0 aliphatic carbocycles. The Labute approximate surface area is 89.0 Å². The van der Waals surface area contributed by atoms with Crippen molar-refractivity contribution in [2.45, 2.75) is 13.0 Å². The first-order valence-electron chi connectivity index (χ1n) is 4.65.